The van der Waals surface area contributed by atoms with Crippen LogP contribution in [0, 0.1) is 13.8 Å². The second-order valence-corrected chi connectivity index (χ2v) is 6.09. The zero-order chi connectivity index (χ0) is 12.3. The molecule has 4 heteroatoms. The average Bonchev–Trinajstić information content (AvgIpc) is 2.54. The highest BCUT2D eigenvalue weighted by Gasteiger charge is 2.20. The highest BCUT2D eigenvalue weighted by molar-refractivity contribution is 7.12. The Morgan fingerprint density at radius 1 is 1.50 bits per heavy atom. The molecule has 16 heavy (non-hydrogen) atoms. The maximum absolute atomic E-state index is 9.68. The van der Waals surface area contributed by atoms with E-state index in [4.69, 9.17) is 5.11 Å². The first kappa shape index (κ1) is 13.6. The summed E-state index contributed by atoms with van der Waals surface area (Å²) in [6.07, 6.45) is 0. The minimum absolute atomic E-state index is 0.197. The van der Waals surface area contributed by atoms with Crippen LogP contribution in [0.15, 0.2) is 6.07 Å². The molecule has 0 aliphatic rings. The Bertz CT molecular complexity index is 347. The Labute approximate surface area is 101 Å². The van der Waals surface area contributed by atoms with Gasteiger partial charge in [-0.1, -0.05) is 0 Å². The maximum Gasteiger partial charge on any atom is 0.0973 e. The van der Waals surface area contributed by atoms with E-state index in [1.807, 2.05) is 0 Å². The molecule has 2 atom stereocenters. The molecule has 0 fully saturated rings. The summed E-state index contributed by atoms with van der Waals surface area (Å²) in [6, 6.07) is 2.37. The third-order valence-corrected chi connectivity index (χ3v) is 3.66. The van der Waals surface area contributed by atoms with Gasteiger partial charge in [-0.05, 0) is 39.3 Å². The molecule has 0 aliphatic carbocycles. The topological polar surface area (TPSA) is 52.5 Å². The molecule has 0 radical (unpaired) electrons. The van der Waals surface area contributed by atoms with Crippen molar-refractivity contribution in [2.24, 2.45) is 0 Å². The molecule has 2 unspecified atom stereocenters. The van der Waals surface area contributed by atoms with Gasteiger partial charge in [0.1, 0.15) is 0 Å². The Hall–Kier alpha value is -0.420. The molecule has 0 spiro atoms. The van der Waals surface area contributed by atoms with Gasteiger partial charge in [0.15, 0.2) is 0 Å². The van der Waals surface area contributed by atoms with Crippen LogP contribution in [0.1, 0.15) is 35.2 Å². The number of aryl methyl sites for hydroxylation is 2. The van der Waals surface area contributed by atoms with E-state index in [2.05, 4.69) is 32.2 Å². The van der Waals surface area contributed by atoms with Crippen LogP contribution in [0.25, 0.3) is 0 Å². The quantitative estimate of drug-likeness (QED) is 0.738. The Morgan fingerprint density at radius 2 is 2.12 bits per heavy atom. The second-order valence-electron chi connectivity index (χ2n) is 4.63. The molecule has 0 saturated heterocycles. The summed E-state index contributed by atoms with van der Waals surface area (Å²) in [5.74, 6) is 0. The van der Waals surface area contributed by atoms with E-state index in [0.29, 0.717) is 6.54 Å². The minimum Gasteiger partial charge on any atom is -0.393 e. The fourth-order valence-electron chi connectivity index (χ4n) is 1.62. The first-order valence-corrected chi connectivity index (χ1v) is 6.31. The van der Waals surface area contributed by atoms with Crippen LogP contribution in [0.2, 0.25) is 0 Å². The number of hydrogen-bond donors (Lipinski definition) is 3. The minimum atomic E-state index is -1.05. The SMILES string of the molecule is Cc1cc(C(C)NCC(C)(O)CO)c(C)s1. The van der Waals surface area contributed by atoms with Crippen molar-refractivity contribution in [3.05, 3.63) is 21.4 Å². The van der Waals surface area contributed by atoms with Crippen LogP contribution in [-0.4, -0.2) is 29.0 Å². The molecular weight excluding hydrogens is 222 g/mol. The summed E-state index contributed by atoms with van der Waals surface area (Å²) < 4.78 is 0. The second kappa shape index (κ2) is 5.27. The smallest absolute Gasteiger partial charge is 0.0973 e. The third-order valence-electron chi connectivity index (χ3n) is 2.68. The summed E-state index contributed by atoms with van der Waals surface area (Å²) in [7, 11) is 0. The fourth-order valence-corrected chi connectivity index (χ4v) is 2.64. The van der Waals surface area contributed by atoms with Gasteiger partial charge in [-0.3, -0.25) is 0 Å². The van der Waals surface area contributed by atoms with Crippen LogP contribution in [0.3, 0.4) is 0 Å². The maximum atomic E-state index is 9.68. The number of nitrogens with one attached hydrogen (secondary N) is 1. The summed E-state index contributed by atoms with van der Waals surface area (Å²) in [5.41, 5.74) is 0.226. The lowest BCUT2D eigenvalue weighted by Crippen LogP contribution is -2.41. The molecule has 3 N–H and O–H groups in total. The summed E-state index contributed by atoms with van der Waals surface area (Å²) >= 11 is 1.78. The number of aliphatic hydroxyl groups is 2. The predicted octanol–water partition coefficient (Wildman–Crippen LogP) is 1.76. The number of aliphatic hydroxyl groups excluding tert-OH is 1. The average molecular weight is 243 g/mol. The zero-order valence-electron chi connectivity index (χ0n) is 10.4. The van der Waals surface area contributed by atoms with Gasteiger partial charge in [-0.2, -0.15) is 0 Å². The van der Waals surface area contributed by atoms with Crippen molar-refractivity contribution < 1.29 is 10.2 Å². The molecule has 1 heterocycles. The summed E-state index contributed by atoms with van der Waals surface area (Å²) in [4.78, 5) is 2.61. The van der Waals surface area contributed by atoms with Crippen LogP contribution >= 0.6 is 11.3 Å². The van der Waals surface area contributed by atoms with Crippen molar-refractivity contribution in [1.82, 2.24) is 5.32 Å². The third kappa shape index (κ3) is 3.56. The monoisotopic (exact) mass is 243 g/mol. The van der Waals surface area contributed by atoms with E-state index in [1.165, 1.54) is 15.3 Å². The van der Waals surface area contributed by atoms with Crippen LogP contribution in [0.5, 0.6) is 0 Å². The standard InChI is InChI=1S/C12H21NO2S/c1-8-5-11(10(3)16-8)9(2)13-6-12(4,15)7-14/h5,9,13-15H,6-7H2,1-4H3. The van der Waals surface area contributed by atoms with Gasteiger partial charge in [0.05, 0.1) is 12.2 Å². The van der Waals surface area contributed by atoms with E-state index in [9.17, 15) is 5.11 Å². The van der Waals surface area contributed by atoms with Crippen molar-refractivity contribution in [1.29, 1.82) is 0 Å². The Kier molecular flexibility index (Phi) is 4.50. The van der Waals surface area contributed by atoms with Crippen molar-refractivity contribution in [2.75, 3.05) is 13.2 Å². The first-order chi connectivity index (χ1) is 7.35. The first-order valence-electron chi connectivity index (χ1n) is 5.49. The van der Waals surface area contributed by atoms with Crippen molar-refractivity contribution in [2.45, 2.75) is 39.3 Å². The molecule has 0 aliphatic heterocycles. The molecule has 0 saturated carbocycles. The molecule has 1 rings (SSSR count). The lowest BCUT2D eigenvalue weighted by atomic mass is 10.1. The lowest BCUT2D eigenvalue weighted by Gasteiger charge is -2.23. The fraction of sp³-hybridized carbons (Fsp3) is 0.667. The highest BCUT2D eigenvalue weighted by atomic mass is 32.1. The number of thiophene rings is 1. The predicted molar refractivity (Wildman–Crippen MR) is 67.9 cm³/mol. The lowest BCUT2D eigenvalue weighted by molar-refractivity contribution is 0.00105. The van der Waals surface area contributed by atoms with Crippen molar-refractivity contribution >= 4 is 11.3 Å². The van der Waals surface area contributed by atoms with Crippen LogP contribution in [-0.2, 0) is 0 Å². The summed E-state index contributed by atoms with van der Waals surface area (Å²) in [6.45, 7) is 8.06. The van der Waals surface area contributed by atoms with Gasteiger partial charge in [0.25, 0.3) is 0 Å². The summed E-state index contributed by atoms with van der Waals surface area (Å²) in [5, 5.41) is 21.9. The van der Waals surface area contributed by atoms with Crippen molar-refractivity contribution in [3.8, 4) is 0 Å². The van der Waals surface area contributed by atoms with E-state index < -0.39 is 5.60 Å². The van der Waals surface area contributed by atoms with Gasteiger partial charge in [-0.25, -0.2) is 0 Å². The van der Waals surface area contributed by atoms with E-state index in [1.54, 1.807) is 18.3 Å². The number of hydrogen-bond acceptors (Lipinski definition) is 4. The van der Waals surface area contributed by atoms with Crippen LogP contribution < -0.4 is 5.32 Å². The Balaban J connectivity index is 2.59. The molecule has 3 nitrogen and oxygen atoms in total. The molecule has 0 bridgehead atoms. The van der Waals surface area contributed by atoms with Gasteiger partial charge < -0.3 is 15.5 Å². The van der Waals surface area contributed by atoms with Crippen LogP contribution in [0.4, 0.5) is 0 Å². The normalized spacial score (nSPS) is 17.1. The van der Waals surface area contributed by atoms with Gasteiger partial charge in [-0.15, -0.1) is 11.3 Å². The van der Waals surface area contributed by atoms with Gasteiger partial charge in [0.2, 0.25) is 0 Å². The van der Waals surface area contributed by atoms with E-state index in [0.717, 1.165) is 0 Å². The highest BCUT2D eigenvalue weighted by Crippen LogP contribution is 2.26. The Morgan fingerprint density at radius 3 is 2.56 bits per heavy atom. The largest absolute Gasteiger partial charge is 0.393 e. The van der Waals surface area contributed by atoms with E-state index >= 15 is 0 Å². The molecule has 1 aromatic heterocycles. The molecule has 1 aromatic rings. The molecular formula is C12H21NO2S. The van der Waals surface area contributed by atoms with Gasteiger partial charge >= 0.3 is 0 Å². The molecule has 0 amide bonds. The van der Waals surface area contributed by atoms with E-state index in [-0.39, 0.29) is 12.6 Å². The zero-order valence-corrected chi connectivity index (χ0v) is 11.2. The van der Waals surface area contributed by atoms with Gasteiger partial charge in [0, 0.05) is 22.3 Å². The van der Waals surface area contributed by atoms with Crippen molar-refractivity contribution in [3.63, 3.8) is 0 Å². The molecule has 92 valence electrons. The number of rotatable bonds is 5. The molecule has 0 aromatic carbocycles.